The Hall–Kier alpha value is -1.80. The largest absolute Gasteiger partial charge is 0.487 e. The molecule has 0 atom stereocenters. The normalized spacial score (nSPS) is 15.4. The van der Waals surface area contributed by atoms with E-state index >= 15 is 0 Å². The van der Waals surface area contributed by atoms with Gasteiger partial charge < -0.3 is 4.74 Å². The van der Waals surface area contributed by atoms with Crippen LogP contribution in [0.1, 0.15) is 35.3 Å². The molecule has 0 aromatic heterocycles. The van der Waals surface area contributed by atoms with Crippen LogP contribution in [-0.4, -0.2) is 11.4 Å². The molecular weight excluding hydrogens is 284 g/mol. The maximum absolute atomic E-state index is 12.4. The lowest BCUT2D eigenvalue weighted by Crippen LogP contribution is -2.24. The van der Waals surface area contributed by atoms with E-state index in [0.29, 0.717) is 11.4 Å². The van der Waals surface area contributed by atoms with Gasteiger partial charge in [-0.1, -0.05) is 29.8 Å². The van der Waals surface area contributed by atoms with Gasteiger partial charge in [0.2, 0.25) is 0 Å². The van der Waals surface area contributed by atoms with Gasteiger partial charge in [0.1, 0.15) is 11.4 Å². The zero-order valence-corrected chi connectivity index (χ0v) is 12.9. The summed E-state index contributed by atoms with van der Waals surface area (Å²) >= 11 is 6.11. The average molecular weight is 301 g/mol. The Morgan fingerprint density at radius 1 is 1.24 bits per heavy atom. The van der Waals surface area contributed by atoms with Crippen LogP contribution in [0.15, 0.2) is 42.5 Å². The van der Waals surface area contributed by atoms with Crippen LogP contribution in [-0.2, 0) is 12.8 Å². The Balaban J connectivity index is 1.83. The average Bonchev–Trinajstić information content (AvgIpc) is 2.74. The standard InChI is InChI=1S/C18H17ClO2/c1-18(2)11-14-9-13(7-8-17(14)21-18)16(20)10-12-5-3-4-6-15(12)19/h3-9H,10-11H2,1-2H3. The molecule has 2 aromatic rings. The lowest BCUT2D eigenvalue weighted by atomic mass is 9.97. The predicted molar refractivity (Wildman–Crippen MR) is 84.3 cm³/mol. The fourth-order valence-corrected chi connectivity index (χ4v) is 2.90. The summed E-state index contributed by atoms with van der Waals surface area (Å²) in [6, 6.07) is 13.1. The summed E-state index contributed by atoms with van der Waals surface area (Å²) in [5, 5.41) is 0.636. The van der Waals surface area contributed by atoms with E-state index in [-0.39, 0.29) is 11.4 Å². The van der Waals surface area contributed by atoms with Crippen LogP contribution in [0.5, 0.6) is 5.75 Å². The SMILES string of the molecule is CC1(C)Cc2cc(C(=O)Cc3ccccc3Cl)ccc2O1. The Labute approximate surface area is 129 Å². The molecule has 0 bridgehead atoms. The number of ether oxygens (including phenoxy) is 1. The molecule has 1 heterocycles. The van der Waals surface area contributed by atoms with Crippen LogP contribution in [0.4, 0.5) is 0 Å². The van der Waals surface area contributed by atoms with Gasteiger partial charge in [-0.25, -0.2) is 0 Å². The predicted octanol–water partition coefficient (Wildman–Crippen LogP) is 4.48. The molecule has 0 amide bonds. The van der Waals surface area contributed by atoms with Crippen LogP contribution >= 0.6 is 11.6 Å². The Kier molecular flexibility index (Phi) is 3.50. The van der Waals surface area contributed by atoms with Crippen LogP contribution in [0.25, 0.3) is 0 Å². The highest BCUT2D eigenvalue weighted by Crippen LogP contribution is 2.35. The second-order valence-corrected chi connectivity index (χ2v) is 6.46. The van der Waals surface area contributed by atoms with Gasteiger partial charge in [-0.2, -0.15) is 0 Å². The summed E-state index contributed by atoms with van der Waals surface area (Å²) in [5.74, 6) is 0.963. The number of ketones is 1. The lowest BCUT2D eigenvalue weighted by molar-refractivity contribution is 0.0993. The fraction of sp³-hybridized carbons (Fsp3) is 0.278. The molecule has 0 saturated heterocycles. The van der Waals surface area contributed by atoms with Crippen molar-refractivity contribution in [1.29, 1.82) is 0 Å². The van der Waals surface area contributed by atoms with Crippen molar-refractivity contribution < 1.29 is 9.53 Å². The third-order valence-electron chi connectivity index (χ3n) is 3.69. The van der Waals surface area contributed by atoms with Gasteiger partial charge in [-0.3, -0.25) is 4.79 Å². The molecular formula is C18H17ClO2. The van der Waals surface area contributed by atoms with E-state index in [1.807, 2.05) is 42.5 Å². The van der Waals surface area contributed by atoms with E-state index < -0.39 is 0 Å². The minimum Gasteiger partial charge on any atom is -0.487 e. The van der Waals surface area contributed by atoms with E-state index in [0.717, 1.165) is 28.9 Å². The first kappa shape index (κ1) is 14.2. The summed E-state index contributed by atoms with van der Waals surface area (Å²) in [5.41, 5.74) is 2.49. The molecule has 3 heteroatoms. The highest BCUT2D eigenvalue weighted by Gasteiger charge is 2.30. The van der Waals surface area contributed by atoms with E-state index in [2.05, 4.69) is 13.8 Å². The molecule has 21 heavy (non-hydrogen) atoms. The van der Waals surface area contributed by atoms with Crippen molar-refractivity contribution in [1.82, 2.24) is 0 Å². The Morgan fingerprint density at radius 3 is 2.76 bits per heavy atom. The number of fused-ring (bicyclic) bond motifs is 1. The summed E-state index contributed by atoms with van der Waals surface area (Å²) in [7, 11) is 0. The van der Waals surface area contributed by atoms with Crippen molar-refractivity contribution in [3.8, 4) is 5.75 Å². The van der Waals surface area contributed by atoms with Crippen molar-refractivity contribution in [2.75, 3.05) is 0 Å². The molecule has 0 unspecified atom stereocenters. The van der Waals surface area contributed by atoms with Crippen LogP contribution in [0, 0.1) is 0 Å². The molecule has 2 nitrogen and oxygen atoms in total. The Bertz CT molecular complexity index is 704. The second-order valence-electron chi connectivity index (χ2n) is 6.05. The quantitative estimate of drug-likeness (QED) is 0.781. The minimum atomic E-state index is -0.188. The van der Waals surface area contributed by atoms with Gasteiger partial charge in [-0.05, 0) is 49.2 Å². The first-order chi connectivity index (χ1) is 9.94. The summed E-state index contributed by atoms with van der Waals surface area (Å²) in [4.78, 5) is 12.4. The molecule has 3 rings (SSSR count). The topological polar surface area (TPSA) is 26.3 Å². The summed E-state index contributed by atoms with van der Waals surface area (Å²) < 4.78 is 5.83. The van der Waals surface area contributed by atoms with Gasteiger partial charge in [0.15, 0.2) is 5.78 Å². The third kappa shape index (κ3) is 2.96. The van der Waals surface area contributed by atoms with Crippen molar-refractivity contribution in [3.63, 3.8) is 0 Å². The molecule has 0 aliphatic carbocycles. The molecule has 0 radical (unpaired) electrons. The highest BCUT2D eigenvalue weighted by atomic mass is 35.5. The van der Waals surface area contributed by atoms with Gasteiger partial charge >= 0.3 is 0 Å². The molecule has 2 aromatic carbocycles. The number of Topliss-reactive ketones (excluding diaryl/α,β-unsaturated/α-hetero) is 1. The monoisotopic (exact) mass is 300 g/mol. The summed E-state index contributed by atoms with van der Waals surface area (Å²) in [6.45, 7) is 4.11. The molecule has 0 saturated carbocycles. The highest BCUT2D eigenvalue weighted by molar-refractivity contribution is 6.31. The molecule has 0 N–H and O–H groups in total. The van der Waals surface area contributed by atoms with Gasteiger partial charge in [-0.15, -0.1) is 0 Å². The van der Waals surface area contributed by atoms with E-state index in [1.54, 1.807) is 0 Å². The van der Waals surface area contributed by atoms with Crippen LogP contribution in [0.2, 0.25) is 5.02 Å². The fourth-order valence-electron chi connectivity index (χ4n) is 2.70. The lowest BCUT2D eigenvalue weighted by Gasteiger charge is -2.16. The third-order valence-corrected chi connectivity index (χ3v) is 4.06. The molecule has 1 aliphatic rings. The van der Waals surface area contributed by atoms with E-state index in [1.165, 1.54) is 0 Å². The number of hydrogen-bond acceptors (Lipinski definition) is 2. The van der Waals surface area contributed by atoms with Crippen molar-refractivity contribution in [3.05, 3.63) is 64.2 Å². The number of rotatable bonds is 3. The summed E-state index contributed by atoms with van der Waals surface area (Å²) in [6.07, 6.45) is 1.15. The second kappa shape index (κ2) is 5.19. The van der Waals surface area contributed by atoms with E-state index in [4.69, 9.17) is 16.3 Å². The van der Waals surface area contributed by atoms with Crippen LogP contribution in [0.3, 0.4) is 0 Å². The van der Waals surface area contributed by atoms with Crippen molar-refractivity contribution in [2.45, 2.75) is 32.3 Å². The van der Waals surface area contributed by atoms with Crippen molar-refractivity contribution in [2.24, 2.45) is 0 Å². The maximum atomic E-state index is 12.4. The zero-order valence-electron chi connectivity index (χ0n) is 12.2. The van der Waals surface area contributed by atoms with Gasteiger partial charge in [0.25, 0.3) is 0 Å². The first-order valence-electron chi connectivity index (χ1n) is 7.03. The number of carbonyl (C=O) groups is 1. The first-order valence-corrected chi connectivity index (χ1v) is 7.41. The minimum absolute atomic E-state index is 0.0793. The maximum Gasteiger partial charge on any atom is 0.167 e. The molecule has 0 fully saturated rings. The smallest absolute Gasteiger partial charge is 0.167 e. The zero-order chi connectivity index (χ0) is 15.0. The van der Waals surface area contributed by atoms with Crippen LogP contribution < -0.4 is 4.74 Å². The molecule has 108 valence electrons. The molecule has 0 spiro atoms. The van der Waals surface area contributed by atoms with Gasteiger partial charge in [0.05, 0.1) is 0 Å². The number of halogens is 1. The Morgan fingerprint density at radius 2 is 2.00 bits per heavy atom. The number of carbonyl (C=O) groups excluding carboxylic acids is 1. The number of hydrogen-bond donors (Lipinski definition) is 0. The number of benzene rings is 2. The molecule has 1 aliphatic heterocycles. The van der Waals surface area contributed by atoms with Gasteiger partial charge in [0, 0.05) is 23.4 Å². The van der Waals surface area contributed by atoms with E-state index in [9.17, 15) is 4.79 Å². The van der Waals surface area contributed by atoms with Crippen molar-refractivity contribution >= 4 is 17.4 Å².